The Balaban J connectivity index is 2.23. The highest BCUT2D eigenvalue weighted by Crippen LogP contribution is 2.29. The summed E-state index contributed by atoms with van der Waals surface area (Å²) in [5.41, 5.74) is 0.825. The van der Waals surface area contributed by atoms with Gasteiger partial charge < -0.3 is 5.32 Å². The second kappa shape index (κ2) is 5.63. The van der Waals surface area contributed by atoms with Crippen molar-refractivity contribution in [1.82, 2.24) is 10.2 Å². The Labute approximate surface area is 126 Å². The summed E-state index contributed by atoms with van der Waals surface area (Å²) < 4.78 is 14.0. The first-order chi connectivity index (χ1) is 9.26. The van der Waals surface area contributed by atoms with Crippen LogP contribution in [-0.4, -0.2) is 29.1 Å². The maximum Gasteiger partial charge on any atom is 0.129 e. The molecule has 1 unspecified atom stereocenters. The molecule has 1 fully saturated rings. The van der Waals surface area contributed by atoms with E-state index in [1.54, 1.807) is 12.1 Å². The molecular weight excluding hydrogens is 275 g/mol. The van der Waals surface area contributed by atoms with E-state index in [9.17, 15) is 4.39 Å². The third-order valence-electron chi connectivity index (χ3n) is 4.44. The third-order valence-corrected chi connectivity index (χ3v) is 4.67. The van der Waals surface area contributed by atoms with Gasteiger partial charge in [-0.2, -0.15) is 0 Å². The highest BCUT2D eigenvalue weighted by Gasteiger charge is 2.39. The summed E-state index contributed by atoms with van der Waals surface area (Å²) in [6.45, 7) is 11.2. The Bertz CT molecular complexity index is 489. The summed E-state index contributed by atoms with van der Waals surface area (Å²) in [5.74, 6) is -0.215. The minimum absolute atomic E-state index is 0.0532. The highest BCUT2D eigenvalue weighted by atomic mass is 35.5. The number of nitrogens with zero attached hydrogens (tertiary/aromatic N) is 1. The van der Waals surface area contributed by atoms with Crippen LogP contribution in [0.3, 0.4) is 0 Å². The molecule has 0 bridgehead atoms. The van der Waals surface area contributed by atoms with E-state index in [1.165, 1.54) is 6.07 Å². The van der Waals surface area contributed by atoms with Crippen LogP contribution in [0.15, 0.2) is 18.2 Å². The van der Waals surface area contributed by atoms with Gasteiger partial charge in [0, 0.05) is 41.3 Å². The Morgan fingerprint density at radius 3 is 2.65 bits per heavy atom. The number of nitrogens with one attached hydrogen (secondary N) is 1. The molecule has 1 aromatic rings. The molecule has 2 rings (SSSR count). The lowest BCUT2D eigenvalue weighted by Gasteiger charge is -2.51. The van der Waals surface area contributed by atoms with Gasteiger partial charge in [0.05, 0.1) is 0 Å². The van der Waals surface area contributed by atoms with Crippen molar-refractivity contribution in [2.75, 3.05) is 13.1 Å². The van der Waals surface area contributed by atoms with Crippen LogP contribution in [0.25, 0.3) is 0 Å². The zero-order valence-electron chi connectivity index (χ0n) is 12.8. The fourth-order valence-corrected chi connectivity index (χ4v) is 2.88. The predicted octanol–water partition coefficient (Wildman–Crippen LogP) is 3.83. The number of piperazine rings is 1. The maximum absolute atomic E-state index is 14.0. The van der Waals surface area contributed by atoms with Gasteiger partial charge in [-0.05, 0) is 39.3 Å². The molecule has 0 amide bonds. The number of benzene rings is 1. The zero-order valence-corrected chi connectivity index (χ0v) is 13.5. The molecule has 4 heteroatoms. The SMILES string of the molecule is CCC1(C)CNC(C)(C)CN1Cc1ccc(Cl)cc1F. The summed E-state index contributed by atoms with van der Waals surface area (Å²) in [5, 5.41) is 4.03. The van der Waals surface area contributed by atoms with Crippen molar-refractivity contribution < 1.29 is 4.39 Å². The molecular formula is C16H24ClFN2. The summed E-state index contributed by atoms with van der Waals surface area (Å²) in [4.78, 5) is 2.38. The van der Waals surface area contributed by atoms with E-state index in [0.717, 1.165) is 19.5 Å². The number of halogens is 2. The second-order valence-electron chi connectivity index (χ2n) is 6.68. The van der Waals surface area contributed by atoms with Crippen LogP contribution in [-0.2, 0) is 6.54 Å². The fourth-order valence-electron chi connectivity index (χ4n) is 2.72. The van der Waals surface area contributed by atoms with Gasteiger partial charge >= 0.3 is 0 Å². The van der Waals surface area contributed by atoms with E-state index < -0.39 is 0 Å². The average Bonchev–Trinajstić information content (AvgIpc) is 2.37. The topological polar surface area (TPSA) is 15.3 Å². The highest BCUT2D eigenvalue weighted by molar-refractivity contribution is 6.30. The monoisotopic (exact) mass is 298 g/mol. The molecule has 1 atom stereocenters. The Morgan fingerprint density at radius 2 is 2.05 bits per heavy atom. The van der Waals surface area contributed by atoms with Crippen LogP contribution in [0.4, 0.5) is 4.39 Å². The van der Waals surface area contributed by atoms with Crippen LogP contribution >= 0.6 is 11.6 Å². The first-order valence-electron chi connectivity index (χ1n) is 7.20. The first kappa shape index (κ1) is 15.7. The summed E-state index contributed by atoms with van der Waals surface area (Å²) in [6.07, 6.45) is 1.03. The van der Waals surface area contributed by atoms with Gasteiger partial charge in [-0.15, -0.1) is 0 Å². The molecule has 112 valence electrons. The van der Waals surface area contributed by atoms with Gasteiger partial charge in [0.25, 0.3) is 0 Å². The molecule has 1 aliphatic heterocycles. The van der Waals surface area contributed by atoms with E-state index in [1.807, 2.05) is 0 Å². The van der Waals surface area contributed by atoms with Gasteiger partial charge in [0.1, 0.15) is 5.82 Å². The van der Waals surface area contributed by atoms with Crippen molar-refractivity contribution in [3.8, 4) is 0 Å². The van der Waals surface area contributed by atoms with Gasteiger partial charge in [-0.1, -0.05) is 24.6 Å². The predicted molar refractivity (Wildman–Crippen MR) is 82.6 cm³/mol. The molecule has 1 heterocycles. The number of hydrogen-bond donors (Lipinski definition) is 1. The number of hydrogen-bond acceptors (Lipinski definition) is 2. The zero-order chi connectivity index (χ0) is 15.0. The molecule has 1 N–H and O–H groups in total. The van der Waals surface area contributed by atoms with Crippen LogP contribution in [0.2, 0.25) is 5.02 Å². The van der Waals surface area contributed by atoms with Crippen LogP contribution in [0, 0.1) is 5.82 Å². The molecule has 0 spiro atoms. The normalized spacial score (nSPS) is 26.7. The summed E-state index contributed by atoms with van der Waals surface area (Å²) in [6, 6.07) is 4.95. The largest absolute Gasteiger partial charge is 0.309 e. The standard InChI is InChI=1S/C16H24ClFN2/c1-5-16(4)10-19-15(2,3)11-20(16)9-12-6-7-13(17)8-14(12)18/h6-8,19H,5,9-11H2,1-4H3. The minimum atomic E-state index is -0.215. The Hall–Kier alpha value is -0.640. The van der Waals surface area contributed by atoms with Crippen LogP contribution in [0.1, 0.15) is 39.7 Å². The summed E-state index contributed by atoms with van der Waals surface area (Å²) in [7, 11) is 0. The molecule has 2 nitrogen and oxygen atoms in total. The molecule has 1 aromatic carbocycles. The minimum Gasteiger partial charge on any atom is -0.309 e. The van der Waals surface area contributed by atoms with Crippen molar-refractivity contribution in [2.24, 2.45) is 0 Å². The lowest BCUT2D eigenvalue weighted by Crippen LogP contribution is -2.66. The molecule has 0 radical (unpaired) electrons. The van der Waals surface area contributed by atoms with Crippen molar-refractivity contribution in [3.05, 3.63) is 34.6 Å². The van der Waals surface area contributed by atoms with Gasteiger partial charge in [-0.3, -0.25) is 4.90 Å². The van der Waals surface area contributed by atoms with Gasteiger partial charge in [0.2, 0.25) is 0 Å². The molecule has 1 aliphatic rings. The molecule has 1 saturated heterocycles. The van der Waals surface area contributed by atoms with Crippen LogP contribution in [0.5, 0.6) is 0 Å². The third kappa shape index (κ3) is 3.33. The van der Waals surface area contributed by atoms with Gasteiger partial charge in [-0.25, -0.2) is 4.39 Å². The first-order valence-corrected chi connectivity index (χ1v) is 7.57. The smallest absolute Gasteiger partial charge is 0.129 e. The fraction of sp³-hybridized carbons (Fsp3) is 0.625. The molecule has 0 aromatic heterocycles. The van der Waals surface area contributed by atoms with Crippen molar-refractivity contribution >= 4 is 11.6 Å². The number of rotatable bonds is 3. The Morgan fingerprint density at radius 1 is 1.35 bits per heavy atom. The molecule has 0 aliphatic carbocycles. The van der Waals surface area contributed by atoms with E-state index >= 15 is 0 Å². The maximum atomic E-state index is 14.0. The van der Waals surface area contributed by atoms with Crippen molar-refractivity contribution in [2.45, 2.75) is 51.7 Å². The lowest BCUT2D eigenvalue weighted by molar-refractivity contribution is 0.0167. The second-order valence-corrected chi connectivity index (χ2v) is 7.12. The van der Waals surface area contributed by atoms with Gasteiger partial charge in [0.15, 0.2) is 0 Å². The lowest BCUT2D eigenvalue weighted by atomic mass is 9.87. The van der Waals surface area contributed by atoms with E-state index in [2.05, 4.69) is 37.9 Å². The molecule has 20 heavy (non-hydrogen) atoms. The van der Waals surface area contributed by atoms with Crippen molar-refractivity contribution in [1.29, 1.82) is 0 Å². The Kier molecular flexibility index (Phi) is 4.43. The van der Waals surface area contributed by atoms with E-state index in [4.69, 9.17) is 11.6 Å². The van der Waals surface area contributed by atoms with Crippen LogP contribution < -0.4 is 5.32 Å². The van der Waals surface area contributed by atoms with E-state index in [-0.39, 0.29) is 16.9 Å². The van der Waals surface area contributed by atoms with Crippen molar-refractivity contribution in [3.63, 3.8) is 0 Å². The quantitative estimate of drug-likeness (QED) is 0.912. The van der Waals surface area contributed by atoms with E-state index in [0.29, 0.717) is 17.1 Å². The average molecular weight is 299 g/mol. The molecule has 0 saturated carbocycles. The summed E-state index contributed by atoms with van der Waals surface area (Å²) >= 11 is 5.82.